The van der Waals surface area contributed by atoms with Gasteiger partial charge in [0.25, 0.3) is 0 Å². The number of fused-ring (bicyclic) bond motifs is 4. The van der Waals surface area contributed by atoms with Crippen LogP contribution in [0.25, 0.3) is 68.8 Å². The van der Waals surface area contributed by atoms with Gasteiger partial charge >= 0.3 is 0 Å². The fourth-order valence-electron chi connectivity index (χ4n) is 8.87. The van der Waals surface area contributed by atoms with Crippen molar-refractivity contribution in [3.8, 4) is 44.5 Å². The van der Waals surface area contributed by atoms with Crippen molar-refractivity contribution in [2.45, 2.75) is 13.8 Å². The first-order chi connectivity index (χ1) is 33.1. The summed E-state index contributed by atoms with van der Waals surface area (Å²) >= 11 is 3.61. The van der Waals surface area contributed by atoms with Crippen LogP contribution in [0.15, 0.2) is 259 Å². The van der Waals surface area contributed by atoms with Crippen LogP contribution in [-0.4, -0.2) is 0 Å². The molecule has 2 aliphatic rings. The van der Waals surface area contributed by atoms with E-state index in [1.807, 2.05) is 12.1 Å². The Balaban J connectivity index is 0.000000139. The number of rotatable bonds is 5. The van der Waals surface area contributed by atoms with Gasteiger partial charge in [0, 0.05) is 10.2 Å². The van der Waals surface area contributed by atoms with Gasteiger partial charge < -0.3 is 4.90 Å². The van der Waals surface area contributed by atoms with Crippen LogP contribution in [0.1, 0.15) is 40.8 Å². The normalized spacial score (nSPS) is 11.6. The molecular formula is C66H52BrN. The summed E-state index contributed by atoms with van der Waals surface area (Å²) in [5.41, 5.74) is 21.2. The minimum atomic E-state index is 0. The SMILES string of the molecule is Brc1cc(-c2ccccc2)cc(-c2ccccc2)c1.C.C1=Cc2ccccc2Cc2ccccc21.C1=Cc2ccccc2N(c2cc(-c3ccccc3)cc(-c3ccccc3)c2)c2ccccc21. The van der Waals surface area contributed by atoms with Crippen LogP contribution in [-0.2, 0) is 6.42 Å². The van der Waals surface area contributed by atoms with E-state index < -0.39 is 0 Å². The van der Waals surface area contributed by atoms with Crippen LogP contribution in [0.5, 0.6) is 0 Å². The number of nitrogens with zero attached hydrogens (tertiary/aromatic N) is 1. The third-order valence-corrected chi connectivity index (χ3v) is 12.7. The first-order valence-corrected chi connectivity index (χ1v) is 23.6. The lowest BCUT2D eigenvalue weighted by atomic mass is 9.97. The predicted octanol–water partition coefficient (Wildman–Crippen LogP) is 19.2. The van der Waals surface area contributed by atoms with Crippen LogP contribution in [0.3, 0.4) is 0 Å². The first kappa shape index (κ1) is 45.1. The quantitative estimate of drug-likeness (QED) is 0.166. The van der Waals surface area contributed by atoms with Gasteiger partial charge in [-0.1, -0.05) is 254 Å². The molecule has 2 heteroatoms. The molecule has 0 bridgehead atoms. The molecule has 12 rings (SSSR count). The van der Waals surface area contributed by atoms with Gasteiger partial charge in [0.05, 0.1) is 11.4 Å². The van der Waals surface area contributed by atoms with Gasteiger partial charge in [0.2, 0.25) is 0 Å². The topological polar surface area (TPSA) is 3.24 Å². The summed E-state index contributed by atoms with van der Waals surface area (Å²) in [5.74, 6) is 0. The van der Waals surface area contributed by atoms with E-state index in [9.17, 15) is 0 Å². The minimum Gasteiger partial charge on any atom is -0.309 e. The van der Waals surface area contributed by atoms with E-state index >= 15 is 0 Å². The number of hydrogen-bond donors (Lipinski definition) is 0. The van der Waals surface area contributed by atoms with E-state index in [4.69, 9.17) is 0 Å². The highest BCUT2D eigenvalue weighted by Gasteiger charge is 2.21. The van der Waals surface area contributed by atoms with Gasteiger partial charge in [0.15, 0.2) is 0 Å². The third kappa shape index (κ3) is 10.5. The number of halogens is 1. The van der Waals surface area contributed by atoms with Crippen LogP contribution < -0.4 is 4.90 Å². The van der Waals surface area contributed by atoms with Gasteiger partial charge in [-0.3, -0.25) is 0 Å². The molecule has 10 aromatic rings. The highest BCUT2D eigenvalue weighted by atomic mass is 79.9. The fourth-order valence-corrected chi connectivity index (χ4v) is 9.36. The largest absolute Gasteiger partial charge is 0.309 e. The molecule has 1 heterocycles. The summed E-state index contributed by atoms with van der Waals surface area (Å²) in [4.78, 5) is 2.39. The van der Waals surface area contributed by atoms with Crippen molar-refractivity contribution in [2.75, 3.05) is 4.90 Å². The molecule has 0 unspecified atom stereocenters. The molecule has 0 amide bonds. The third-order valence-electron chi connectivity index (χ3n) is 12.2. The molecule has 328 valence electrons. The Morgan fingerprint density at radius 2 is 0.574 bits per heavy atom. The Morgan fingerprint density at radius 1 is 0.279 bits per heavy atom. The number of hydrogen-bond acceptors (Lipinski definition) is 1. The molecular weight excluding hydrogens is 887 g/mol. The zero-order valence-electron chi connectivity index (χ0n) is 37.1. The summed E-state index contributed by atoms with van der Waals surface area (Å²) < 4.78 is 1.10. The molecule has 1 aliphatic carbocycles. The Hall–Kier alpha value is -8.04. The molecule has 0 saturated carbocycles. The highest BCUT2D eigenvalue weighted by Crippen LogP contribution is 2.44. The molecule has 0 saturated heterocycles. The summed E-state index contributed by atoms with van der Waals surface area (Å²) in [6.07, 6.45) is 9.89. The molecule has 0 aromatic heterocycles. The Kier molecular flexibility index (Phi) is 14.3. The Labute approximate surface area is 410 Å². The second-order valence-corrected chi connectivity index (χ2v) is 17.6. The van der Waals surface area contributed by atoms with Crippen molar-refractivity contribution >= 4 is 57.3 Å². The van der Waals surface area contributed by atoms with Gasteiger partial charge in [0.1, 0.15) is 0 Å². The fraction of sp³-hybridized carbons (Fsp3) is 0.0303. The van der Waals surface area contributed by atoms with Crippen LogP contribution in [0.2, 0.25) is 0 Å². The second kappa shape index (κ2) is 21.5. The molecule has 0 fully saturated rings. The maximum atomic E-state index is 3.61. The average molecular weight is 939 g/mol. The van der Waals surface area contributed by atoms with Gasteiger partial charge in [-0.15, -0.1) is 0 Å². The number of benzene rings is 10. The van der Waals surface area contributed by atoms with Crippen LogP contribution in [0, 0.1) is 0 Å². The highest BCUT2D eigenvalue weighted by molar-refractivity contribution is 9.10. The number of para-hydroxylation sites is 2. The molecule has 0 N–H and O–H groups in total. The lowest BCUT2D eigenvalue weighted by Gasteiger charge is -2.28. The van der Waals surface area contributed by atoms with Crippen molar-refractivity contribution in [2.24, 2.45) is 0 Å². The van der Waals surface area contributed by atoms with Crippen molar-refractivity contribution in [1.82, 2.24) is 0 Å². The molecule has 0 atom stereocenters. The molecule has 0 spiro atoms. The van der Waals surface area contributed by atoms with Crippen molar-refractivity contribution in [3.63, 3.8) is 0 Å². The van der Waals surface area contributed by atoms with E-state index in [0.717, 1.165) is 16.6 Å². The maximum absolute atomic E-state index is 3.61. The van der Waals surface area contributed by atoms with Gasteiger partial charge in [-0.25, -0.2) is 0 Å². The van der Waals surface area contributed by atoms with Gasteiger partial charge in [-0.05, 0) is 133 Å². The lowest BCUT2D eigenvalue weighted by Crippen LogP contribution is -2.12. The predicted molar refractivity (Wildman–Crippen MR) is 297 cm³/mol. The minimum absolute atomic E-state index is 0. The van der Waals surface area contributed by atoms with E-state index in [1.54, 1.807) is 0 Å². The summed E-state index contributed by atoms with van der Waals surface area (Å²) in [7, 11) is 0. The average Bonchev–Trinajstić information content (AvgIpc) is 3.70. The first-order valence-electron chi connectivity index (χ1n) is 22.8. The molecule has 10 aromatic carbocycles. The maximum Gasteiger partial charge on any atom is 0.0534 e. The second-order valence-electron chi connectivity index (χ2n) is 16.7. The van der Waals surface area contributed by atoms with Gasteiger partial charge in [-0.2, -0.15) is 0 Å². The zero-order valence-corrected chi connectivity index (χ0v) is 38.7. The molecule has 1 aliphatic heterocycles. The van der Waals surface area contributed by atoms with E-state index in [1.165, 1.54) is 89.3 Å². The molecule has 1 nitrogen and oxygen atoms in total. The van der Waals surface area contributed by atoms with Crippen LogP contribution >= 0.6 is 15.9 Å². The smallest absolute Gasteiger partial charge is 0.0534 e. The monoisotopic (exact) mass is 937 g/mol. The number of anilines is 3. The summed E-state index contributed by atoms with van der Waals surface area (Å²) in [5, 5.41) is 0. The summed E-state index contributed by atoms with van der Waals surface area (Å²) in [6, 6.07) is 90.0. The Bertz CT molecular complexity index is 3110. The standard InChI is InChI=1S/C32H23N.C18H13Br.C15H12.CH4/c1-3-11-24(12-4-1)28-21-29(25-13-5-2-6-14-25)23-30(22-28)33-31-17-9-7-15-26(31)19-20-27-16-8-10-18-32(27)33;19-18-12-16(14-7-3-1-4-8-14)11-17(13-18)15-9-5-2-6-10-15;1-3-7-14-11-15-8-4-2-6-13(15)10-9-12(14)5-1;/h1-23H;1-13H;1-10H,11H2;1H4. The van der Waals surface area contributed by atoms with E-state index in [2.05, 4.69) is 288 Å². The lowest BCUT2D eigenvalue weighted by molar-refractivity contribution is 1.18. The van der Waals surface area contributed by atoms with Crippen molar-refractivity contribution < 1.29 is 0 Å². The van der Waals surface area contributed by atoms with Crippen molar-refractivity contribution in [1.29, 1.82) is 0 Å². The molecule has 68 heavy (non-hydrogen) atoms. The Morgan fingerprint density at radius 3 is 0.956 bits per heavy atom. The summed E-state index contributed by atoms with van der Waals surface area (Å²) in [6.45, 7) is 0. The zero-order chi connectivity index (χ0) is 45.2. The molecule has 0 radical (unpaired) electrons. The van der Waals surface area contributed by atoms with Crippen LogP contribution in [0.4, 0.5) is 17.1 Å². The van der Waals surface area contributed by atoms with E-state index in [0.29, 0.717) is 0 Å². The van der Waals surface area contributed by atoms with E-state index in [-0.39, 0.29) is 7.43 Å². The van der Waals surface area contributed by atoms with Crippen molar-refractivity contribution in [3.05, 3.63) is 293 Å².